The summed E-state index contributed by atoms with van der Waals surface area (Å²) in [6, 6.07) is 0. The second-order valence-corrected chi connectivity index (χ2v) is 20.8. The van der Waals surface area contributed by atoms with Crippen molar-refractivity contribution in [3.63, 3.8) is 0 Å². The first-order valence-corrected chi connectivity index (χ1v) is 29.6. The molecule has 0 heterocycles. The summed E-state index contributed by atoms with van der Waals surface area (Å²) in [5, 5.41) is 18.4. The number of unbranched alkanes of at least 4 members (excludes halogenated alkanes) is 38. The van der Waals surface area contributed by atoms with Gasteiger partial charge in [-0.2, -0.15) is 0 Å². The maximum atomic E-state index is 12.7. The van der Waals surface area contributed by atoms with Crippen LogP contribution < -0.4 is 0 Å². The second-order valence-electron chi connectivity index (χ2n) is 19.3. The van der Waals surface area contributed by atoms with Gasteiger partial charge in [0.2, 0.25) is 0 Å². The molecule has 0 rings (SSSR count). The number of phosphoric acid groups is 1. The highest BCUT2D eigenvalue weighted by Crippen LogP contribution is 2.43. The fourth-order valence-electron chi connectivity index (χ4n) is 8.35. The lowest BCUT2D eigenvalue weighted by Crippen LogP contribution is -2.29. The topological polar surface area (TPSA) is 149 Å². The summed E-state index contributed by atoms with van der Waals surface area (Å²) in [4.78, 5) is 35.3. The summed E-state index contributed by atoms with van der Waals surface area (Å²) >= 11 is 0. The van der Waals surface area contributed by atoms with E-state index >= 15 is 0 Å². The van der Waals surface area contributed by atoms with E-state index in [1.807, 2.05) is 0 Å². The highest BCUT2D eigenvalue weighted by molar-refractivity contribution is 7.47. The average molecular weight is 959 g/mol. The van der Waals surface area contributed by atoms with Crippen LogP contribution >= 0.6 is 7.82 Å². The monoisotopic (exact) mass is 959 g/mol. The van der Waals surface area contributed by atoms with Gasteiger partial charge in [-0.25, -0.2) is 4.57 Å². The number of phosphoric ester groups is 1. The van der Waals surface area contributed by atoms with Crippen LogP contribution in [-0.4, -0.2) is 65.7 Å². The van der Waals surface area contributed by atoms with Crippen molar-refractivity contribution in [1.29, 1.82) is 0 Å². The van der Waals surface area contributed by atoms with E-state index in [0.29, 0.717) is 12.8 Å². The zero-order valence-corrected chi connectivity index (χ0v) is 44.1. The van der Waals surface area contributed by atoms with Crippen LogP contribution in [0.2, 0.25) is 0 Å². The Hall–Kier alpha value is -1.29. The molecule has 0 aliphatic heterocycles. The van der Waals surface area contributed by atoms with Crippen LogP contribution in [0.25, 0.3) is 0 Å². The number of hydrogen-bond donors (Lipinski definition) is 3. The number of esters is 2. The van der Waals surface area contributed by atoms with Gasteiger partial charge in [0.05, 0.1) is 19.8 Å². The van der Waals surface area contributed by atoms with Gasteiger partial charge in [0, 0.05) is 12.8 Å². The summed E-state index contributed by atoms with van der Waals surface area (Å²) in [5.74, 6) is -0.907. The minimum atomic E-state index is -4.62. The smallest absolute Gasteiger partial charge is 0.462 e. The van der Waals surface area contributed by atoms with Gasteiger partial charge in [0.15, 0.2) is 6.10 Å². The molecule has 3 unspecified atom stereocenters. The minimum Gasteiger partial charge on any atom is -0.462 e. The molecule has 0 aromatic carbocycles. The Morgan fingerprint density at radius 1 is 0.439 bits per heavy atom. The third-order valence-corrected chi connectivity index (χ3v) is 13.6. The predicted octanol–water partition coefficient (Wildman–Crippen LogP) is 16.3. The molecule has 0 aliphatic carbocycles. The summed E-state index contributed by atoms with van der Waals surface area (Å²) in [7, 11) is -4.62. The van der Waals surface area contributed by atoms with Crippen LogP contribution in [0.15, 0.2) is 12.2 Å². The van der Waals surface area contributed by atoms with Crippen LogP contribution in [0.5, 0.6) is 0 Å². The van der Waals surface area contributed by atoms with Crippen LogP contribution in [0, 0.1) is 0 Å². The van der Waals surface area contributed by atoms with Crippen molar-refractivity contribution < 1.29 is 47.8 Å². The molecule has 0 saturated carbocycles. The molecule has 3 N–H and O–H groups in total. The van der Waals surface area contributed by atoms with Crippen LogP contribution in [0.1, 0.15) is 290 Å². The molecule has 11 heteroatoms. The van der Waals surface area contributed by atoms with Gasteiger partial charge < -0.3 is 24.6 Å². The zero-order chi connectivity index (χ0) is 48.3. The van der Waals surface area contributed by atoms with Crippen LogP contribution in [0.3, 0.4) is 0 Å². The summed E-state index contributed by atoms with van der Waals surface area (Å²) in [6.45, 7) is 2.45. The van der Waals surface area contributed by atoms with E-state index in [-0.39, 0.29) is 19.4 Å². The highest BCUT2D eigenvalue weighted by Gasteiger charge is 2.27. The number of aliphatic hydroxyl groups is 2. The molecule has 0 saturated heterocycles. The Balaban J connectivity index is 4.08. The van der Waals surface area contributed by atoms with Crippen molar-refractivity contribution in [3.8, 4) is 0 Å². The summed E-state index contributed by atoms with van der Waals surface area (Å²) in [5.41, 5.74) is 0. The maximum absolute atomic E-state index is 12.7. The van der Waals surface area contributed by atoms with Gasteiger partial charge in [-0.3, -0.25) is 18.6 Å². The van der Waals surface area contributed by atoms with Crippen LogP contribution in [-0.2, 0) is 32.7 Å². The number of allylic oxidation sites excluding steroid dienone is 2. The summed E-state index contributed by atoms with van der Waals surface area (Å²) in [6.07, 6.45) is 54.7. The normalized spacial score (nSPS) is 13.6. The Labute approximate surface area is 406 Å². The number of carbonyl (C=O) groups excluding carboxylic acids is 2. The fourth-order valence-corrected chi connectivity index (χ4v) is 9.14. The first kappa shape index (κ1) is 64.7. The van der Waals surface area contributed by atoms with E-state index in [1.165, 1.54) is 218 Å². The van der Waals surface area contributed by atoms with E-state index in [9.17, 15) is 24.2 Å². The van der Waals surface area contributed by atoms with Gasteiger partial charge in [-0.15, -0.1) is 0 Å². The van der Waals surface area contributed by atoms with Crippen molar-refractivity contribution in [3.05, 3.63) is 12.2 Å². The minimum absolute atomic E-state index is 0.187. The molecule has 0 bridgehead atoms. The molecule has 0 aliphatic rings. The van der Waals surface area contributed by atoms with Crippen molar-refractivity contribution in [2.75, 3.05) is 26.4 Å². The summed E-state index contributed by atoms with van der Waals surface area (Å²) < 4.78 is 33.0. The van der Waals surface area contributed by atoms with Crippen molar-refractivity contribution in [2.24, 2.45) is 0 Å². The zero-order valence-electron chi connectivity index (χ0n) is 43.2. The first-order chi connectivity index (χ1) is 32.2. The molecule has 0 radical (unpaired) electrons. The van der Waals surface area contributed by atoms with Gasteiger partial charge in [-0.05, 0) is 38.5 Å². The third-order valence-electron chi connectivity index (χ3n) is 12.7. The molecule has 0 aromatic rings. The molecule has 0 amide bonds. The standard InChI is InChI=1S/C55H107O10P/c1-3-5-7-9-11-13-15-17-19-21-23-25-27-28-30-32-34-36-38-40-42-44-46-54(58)62-50-53(51-64-66(60,61)63-49-52(57)48-56)65-55(59)47-45-43-41-39-37-35-33-31-29-26-24-22-20-18-16-14-12-10-8-6-4-2/h22,24,52-53,56-57H,3-21,23,25-51H2,1-2H3,(H,60,61)/b24-22-. The number of carbonyl (C=O) groups is 2. The lowest BCUT2D eigenvalue weighted by molar-refractivity contribution is -0.161. The first-order valence-electron chi connectivity index (χ1n) is 28.1. The average Bonchev–Trinajstić information content (AvgIpc) is 3.31. The van der Waals surface area contributed by atoms with Gasteiger partial charge in [0.1, 0.15) is 12.7 Å². The van der Waals surface area contributed by atoms with Gasteiger partial charge in [-0.1, -0.05) is 251 Å². The molecule has 0 fully saturated rings. The lowest BCUT2D eigenvalue weighted by atomic mass is 10.0. The van der Waals surface area contributed by atoms with Gasteiger partial charge >= 0.3 is 19.8 Å². The van der Waals surface area contributed by atoms with E-state index in [1.54, 1.807) is 0 Å². The molecular formula is C55H107O10P. The Kier molecular flexibility index (Phi) is 50.5. The number of ether oxygens (including phenoxy) is 2. The highest BCUT2D eigenvalue weighted by atomic mass is 31.2. The Morgan fingerprint density at radius 2 is 0.742 bits per heavy atom. The molecule has 392 valence electrons. The number of aliphatic hydroxyl groups excluding tert-OH is 2. The van der Waals surface area contributed by atoms with E-state index in [2.05, 4.69) is 26.0 Å². The third kappa shape index (κ3) is 50.6. The molecular weight excluding hydrogens is 852 g/mol. The predicted molar refractivity (Wildman–Crippen MR) is 275 cm³/mol. The van der Waals surface area contributed by atoms with Crippen molar-refractivity contribution in [2.45, 2.75) is 302 Å². The lowest BCUT2D eigenvalue weighted by Gasteiger charge is -2.20. The molecule has 0 spiro atoms. The second kappa shape index (κ2) is 51.6. The largest absolute Gasteiger partial charge is 0.472 e. The molecule has 66 heavy (non-hydrogen) atoms. The van der Waals surface area contributed by atoms with Crippen molar-refractivity contribution >= 4 is 19.8 Å². The van der Waals surface area contributed by atoms with E-state index < -0.39 is 51.8 Å². The molecule has 0 aromatic heterocycles. The van der Waals surface area contributed by atoms with E-state index in [0.717, 1.165) is 32.1 Å². The van der Waals surface area contributed by atoms with E-state index in [4.69, 9.17) is 23.6 Å². The van der Waals surface area contributed by atoms with Crippen LogP contribution in [0.4, 0.5) is 0 Å². The molecule has 10 nitrogen and oxygen atoms in total. The fraction of sp³-hybridized carbons (Fsp3) is 0.927. The maximum Gasteiger partial charge on any atom is 0.472 e. The Morgan fingerprint density at radius 3 is 1.09 bits per heavy atom. The number of hydrogen-bond acceptors (Lipinski definition) is 9. The molecule has 3 atom stereocenters. The number of rotatable bonds is 54. The van der Waals surface area contributed by atoms with Crippen molar-refractivity contribution in [1.82, 2.24) is 0 Å². The van der Waals surface area contributed by atoms with Gasteiger partial charge in [0.25, 0.3) is 0 Å². The quantitative estimate of drug-likeness (QED) is 0.0233. The SMILES string of the molecule is CCCCCCCCCC/C=C\CCCCCCCCCCCC(=O)OC(COC(=O)CCCCCCCCCCCCCCCCCCCCCCCC)COP(=O)(O)OCC(O)CO. The Bertz CT molecular complexity index is 1100.